The van der Waals surface area contributed by atoms with Gasteiger partial charge in [-0.3, -0.25) is 0 Å². The van der Waals surface area contributed by atoms with Gasteiger partial charge >= 0.3 is 0 Å². The average molecular weight is 323 g/mol. The molecule has 4 nitrogen and oxygen atoms in total. The van der Waals surface area contributed by atoms with E-state index in [1.54, 1.807) is 0 Å². The number of para-hydroxylation sites is 1. The largest absolute Gasteiger partial charge is 0.310 e. The molecule has 0 radical (unpaired) electrons. The van der Waals surface area contributed by atoms with Gasteiger partial charge in [-0.25, -0.2) is 0 Å². The molecule has 0 bridgehead atoms. The number of rotatable bonds is 2. The second-order valence-electron chi connectivity index (χ2n) is 5.48. The zero-order valence-corrected chi connectivity index (χ0v) is 13.2. The van der Waals surface area contributed by atoms with E-state index in [9.17, 15) is 0 Å². The molecule has 1 aliphatic heterocycles. The maximum atomic E-state index is 6.16. The molecule has 2 aromatic carbocycles. The summed E-state index contributed by atoms with van der Waals surface area (Å²) in [5.74, 6) is 1.21. The number of nitrogens with zero attached hydrogens (tertiary/aromatic N) is 4. The average Bonchev–Trinajstić information content (AvgIpc) is 2.61. The maximum absolute atomic E-state index is 6.16. The van der Waals surface area contributed by atoms with Gasteiger partial charge in [-0.05, 0) is 36.1 Å². The molecule has 0 saturated carbocycles. The van der Waals surface area contributed by atoms with Gasteiger partial charge in [-0.1, -0.05) is 48.5 Å². The summed E-state index contributed by atoms with van der Waals surface area (Å²) in [5, 5.41) is 0.219. The fourth-order valence-corrected chi connectivity index (χ4v) is 3.07. The summed E-state index contributed by atoms with van der Waals surface area (Å²) in [6.07, 6.45) is 2.15. The van der Waals surface area contributed by atoms with Crippen LogP contribution < -0.4 is 4.90 Å². The summed E-state index contributed by atoms with van der Waals surface area (Å²) < 4.78 is 0. The van der Waals surface area contributed by atoms with Crippen molar-refractivity contribution in [3.63, 3.8) is 0 Å². The van der Waals surface area contributed by atoms with E-state index in [1.807, 2.05) is 36.4 Å². The molecule has 0 aliphatic carbocycles. The van der Waals surface area contributed by atoms with Crippen molar-refractivity contribution in [1.29, 1.82) is 0 Å². The molecule has 23 heavy (non-hydrogen) atoms. The Morgan fingerprint density at radius 3 is 2.52 bits per heavy atom. The molecular formula is C18H15ClN4. The molecular weight excluding hydrogens is 308 g/mol. The molecule has 2 heterocycles. The number of fused-ring (bicyclic) bond motifs is 1. The number of hydrogen-bond donors (Lipinski definition) is 0. The summed E-state index contributed by atoms with van der Waals surface area (Å²) in [6.45, 7) is 0.881. The molecule has 3 aromatic rings. The van der Waals surface area contributed by atoms with Gasteiger partial charge in [0.15, 0.2) is 5.82 Å². The van der Waals surface area contributed by atoms with Crippen molar-refractivity contribution < 1.29 is 0 Å². The molecule has 0 spiro atoms. The highest BCUT2D eigenvalue weighted by molar-refractivity contribution is 6.28. The van der Waals surface area contributed by atoms with Crippen molar-refractivity contribution in [3.05, 3.63) is 65.4 Å². The fraction of sp³-hybridized carbons (Fsp3) is 0.167. The highest BCUT2D eigenvalue weighted by Gasteiger charge is 2.21. The number of aromatic nitrogens is 3. The zero-order valence-electron chi connectivity index (χ0n) is 12.5. The third kappa shape index (κ3) is 2.78. The number of halogens is 1. The molecule has 114 valence electrons. The van der Waals surface area contributed by atoms with Crippen molar-refractivity contribution in [1.82, 2.24) is 15.0 Å². The lowest BCUT2D eigenvalue weighted by molar-refractivity contribution is 0.748. The van der Waals surface area contributed by atoms with Gasteiger partial charge in [-0.2, -0.15) is 15.0 Å². The van der Waals surface area contributed by atoms with Crippen LogP contribution in [0.3, 0.4) is 0 Å². The lowest BCUT2D eigenvalue weighted by atomic mass is 10.0. The number of aryl methyl sites for hydroxylation is 1. The monoisotopic (exact) mass is 322 g/mol. The van der Waals surface area contributed by atoms with Crippen LogP contribution in [0.15, 0.2) is 54.6 Å². The van der Waals surface area contributed by atoms with E-state index in [0.29, 0.717) is 11.8 Å². The first-order chi connectivity index (χ1) is 11.3. The van der Waals surface area contributed by atoms with Crippen LogP contribution >= 0.6 is 11.6 Å². The molecule has 1 aliphatic rings. The molecule has 5 heteroatoms. The van der Waals surface area contributed by atoms with Crippen LogP contribution in [0, 0.1) is 0 Å². The summed E-state index contributed by atoms with van der Waals surface area (Å²) in [7, 11) is 0. The number of hydrogen-bond acceptors (Lipinski definition) is 4. The van der Waals surface area contributed by atoms with Crippen molar-refractivity contribution >= 4 is 23.2 Å². The van der Waals surface area contributed by atoms with Crippen LogP contribution in [0.2, 0.25) is 5.28 Å². The van der Waals surface area contributed by atoms with Gasteiger partial charge < -0.3 is 4.90 Å². The quantitative estimate of drug-likeness (QED) is 0.706. The predicted octanol–water partition coefficient (Wildman–Crippen LogP) is 4.28. The first kappa shape index (κ1) is 14.2. The molecule has 4 rings (SSSR count). The Labute approximate surface area is 139 Å². The van der Waals surface area contributed by atoms with Crippen LogP contribution in [0.4, 0.5) is 11.6 Å². The normalized spacial score (nSPS) is 13.7. The van der Waals surface area contributed by atoms with Crippen LogP contribution in [-0.4, -0.2) is 21.5 Å². The smallest absolute Gasteiger partial charge is 0.234 e. The van der Waals surface area contributed by atoms with Gasteiger partial charge in [0.25, 0.3) is 0 Å². The SMILES string of the molecule is Clc1nc(-c2ccccc2)nc(N2CCCc3ccccc32)n1. The minimum absolute atomic E-state index is 0.219. The highest BCUT2D eigenvalue weighted by Crippen LogP contribution is 2.32. The van der Waals surface area contributed by atoms with Crippen LogP contribution in [-0.2, 0) is 6.42 Å². The van der Waals surface area contributed by atoms with E-state index in [1.165, 1.54) is 5.56 Å². The molecule has 0 N–H and O–H groups in total. The fourth-order valence-electron chi connectivity index (χ4n) is 2.92. The minimum atomic E-state index is 0.219. The Morgan fingerprint density at radius 2 is 1.65 bits per heavy atom. The predicted molar refractivity (Wildman–Crippen MR) is 92.0 cm³/mol. The van der Waals surface area contributed by atoms with Crippen molar-refractivity contribution in [2.45, 2.75) is 12.8 Å². The topological polar surface area (TPSA) is 41.9 Å². The van der Waals surface area contributed by atoms with Gasteiger partial charge in [-0.15, -0.1) is 0 Å². The van der Waals surface area contributed by atoms with Gasteiger partial charge in [0, 0.05) is 17.8 Å². The van der Waals surface area contributed by atoms with E-state index >= 15 is 0 Å². The third-order valence-electron chi connectivity index (χ3n) is 3.98. The highest BCUT2D eigenvalue weighted by atomic mass is 35.5. The summed E-state index contributed by atoms with van der Waals surface area (Å²) in [5.41, 5.74) is 3.40. The van der Waals surface area contributed by atoms with Crippen molar-refractivity contribution in [3.8, 4) is 11.4 Å². The zero-order chi connectivity index (χ0) is 15.6. The summed E-state index contributed by atoms with van der Waals surface area (Å²) in [6, 6.07) is 18.2. The molecule has 1 aromatic heterocycles. The van der Waals surface area contributed by atoms with Gasteiger partial charge in [0.2, 0.25) is 11.2 Å². The Hall–Kier alpha value is -2.46. The maximum Gasteiger partial charge on any atom is 0.234 e. The standard InChI is InChI=1S/C18H15ClN4/c19-17-20-16(14-8-2-1-3-9-14)21-18(22-17)23-12-6-10-13-7-4-5-11-15(13)23/h1-5,7-9,11H,6,10,12H2. The van der Waals surface area contributed by atoms with Crippen molar-refractivity contribution in [2.24, 2.45) is 0 Å². The Morgan fingerprint density at radius 1 is 0.870 bits per heavy atom. The van der Waals surface area contributed by atoms with E-state index in [4.69, 9.17) is 11.6 Å². The minimum Gasteiger partial charge on any atom is -0.310 e. The molecule has 0 atom stereocenters. The van der Waals surface area contributed by atoms with E-state index in [-0.39, 0.29) is 5.28 Å². The first-order valence-electron chi connectivity index (χ1n) is 7.64. The van der Waals surface area contributed by atoms with E-state index in [0.717, 1.165) is 30.6 Å². The van der Waals surface area contributed by atoms with Crippen molar-refractivity contribution in [2.75, 3.05) is 11.4 Å². The summed E-state index contributed by atoms with van der Waals surface area (Å²) >= 11 is 6.16. The molecule has 0 unspecified atom stereocenters. The van der Waals surface area contributed by atoms with Crippen LogP contribution in [0.1, 0.15) is 12.0 Å². The number of benzene rings is 2. The van der Waals surface area contributed by atoms with Gasteiger partial charge in [0.1, 0.15) is 0 Å². The number of anilines is 2. The first-order valence-corrected chi connectivity index (χ1v) is 8.01. The lowest BCUT2D eigenvalue weighted by Gasteiger charge is -2.29. The van der Waals surface area contributed by atoms with E-state index < -0.39 is 0 Å². The lowest BCUT2D eigenvalue weighted by Crippen LogP contribution is -2.26. The second kappa shape index (κ2) is 5.97. The molecule has 0 amide bonds. The Balaban J connectivity index is 1.80. The Bertz CT molecular complexity index is 835. The van der Waals surface area contributed by atoms with Crippen LogP contribution in [0.25, 0.3) is 11.4 Å². The molecule has 0 fully saturated rings. The van der Waals surface area contributed by atoms with Crippen LogP contribution in [0.5, 0.6) is 0 Å². The second-order valence-corrected chi connectivity index (χ2v) is 5.82. The molecule has 0 saturated heterocycles. The van der Waals surface area contributed by atoms with Gasteiger partial charge in [0.05, 0.1) is 0 Å². The van der Waals surface area contributed by atoms with E-state index in [2.05, 4.69) is 38.1 Å². The Kier molecular flexibility index (Phi) is 3.67. The summed E-state index contributed by atoms with van der Waals surface area (Å²) in [4.78, 5) is 15.4. The third-order valence-corrected chi connectivity index (χ3v) is 4.15.